The molecule has 2 aromatic heterocycles. The minimum Gasteiger partial charge on any atom is -0.351 e. The molecule has 0 aliphatic carbocycles. The van der Waals surface area contributed by atoms with Crippen molar-refractivity contribution in [3.63, 3.8) is 0 Å². The highest BCUT2D eigenvalue weighted by Gasteiger charge is 2.15. The number of aryl methyl sites for hydroxylation is 4. The summed E-state index contributed by atoms with van der Waals surface area (Å²) in [6.07, 6.45) is 0.775. The van der Waals surface area contributed by atoms with Gasteiger partial charge in [0.15, 0.2) is 5.69 Å². The van der Waals surface area contributed by atoms with Gasteiger partial charge in [-0.25, -0.2) is 0 Å². The number of hydrogen-bond acceptors (Lipinski definition) is 4. The highest BCUT2D eigenvalue weighted by atomic mass is 16.2. The second kappa shape index (κ2) is 7.96. The first-order chi connectivity index (χ1) is 11.8. The second-order valence-electron chi connectivity index (χ2n) is 6.44. The molecular formula is C17H26N6O2. The van der Waals surface area contributed by atoms with E-state index < -0.39 is 0 Å². The highest BCUT2D eigenvalue weighted by Crippen LogP contribution is 2.10. The smallest absolute Gasteiger partial charge is 0.271 e. The van der Waals surface area contributed by atoms with Crippen LogP contribution in [0.5, 0.6) is 0 Å². The zero-order valence-corrected chi connectivity index (χ0v) is 15.5. The summed E-state index contributed by atoms with van der Waals surface area (Å²) < 4.78 is 3.42. The summed E-state index contributed by atoms with van der Waals surface area (Å²) in [5.74, 6) is 0.00177. The summed E-state index contributed by atoms with van der Waals surface area (Å²) in [5, 5.41) is 14.1. The van der Waals surface area contributed by atoms with Crippen molar-refractivity contribution in [1.29, 1.82) is 0 Å². The zero-order chi connectivity index (χ0) is 18.6. The molecule has 0 aromatic carbocycles. The van der Waals surface area contributed by atoms with Crippen LogP contribution in [0.15, 0.2) is 12.1 Å². The van der Waals surface area contributed by atoms with Gasteiger partial charge in [-0.2, -0.15) is 10.2 Å². The molecular weight excluding hydrogens is 320 g/mol. The predicted octanol–water partition coefficient (Wildman–Crippen LogP) is 1.65. The minimum absolute atomic E-state index is 0.111. The lowest BCUT2D eigenvalue weighted by atomic mass is 10.2. The largest absolute Gasteiger partial charge is 0.351 e. The van der Waals surface area contributed by atoms with Crippen molar-refractivity contribution in [1.82, 2.24) is 24.9 Å². The van der Waals surface area contributed by atoms with Gasteiger partial charge in [-0.1, -0.05) is 13.8 Å². The Morgan fingerprint density at radius 1 is 1.20 bits per heavy atom. The molecule has 25 heavy (non-hydrogen) atoms. The molecule has 0 bridgehead atoms. The van der Waals surface area contributed by atoms with Crippen LogP contribution in [0.25, 0.3) is 0 Å². The third-order valence-electron chi connectivity index (χ3n) is 3.82. The van der Waals surface area contributed by atoms with Crippen molar-refractivity contribution in [3.05, 3.63) is 29.2 Å². The van der Waals surface area contributed by atoms with Crippen LogP contribution in [0.3, 0.4) is 0 Å². The van der Waals surface area contributed by atoms with Crippen LogP contribution < -0.4 is 10.6 Å². The van der Waals surface area contributed by atoms with E-state index in [1.165, 1.54) is 4.68 Å². The van der Waals surface area contributed by atoms with E-state index in [1.807, 2.05) is 38.4 Å². The van der Waals surface area contributed by atoms with Gasteiger partial charge in [0.2, 0.25) is 5.91 Å². The number of carbonyl (C=O) groups is 2. The summed E-state index contributed by atoms with van der Waals surface area (Å²) in [6.45, 7) is 8.87. The normalized spacial score (nSPS) is 11.0. The Balaban J connectivity index is 1.84. The van der Waals surface area contributed by atoms with Crippen LogP contribution in [-0.2, 0) is 18.4 Å². The first kappa shape index (κ1) is 18.7. The van der Waals surface area contributed by atoms with Gasteiger partial charge in [-0.15, -0.1) is 0 Å². The van der Waals surface area contributed by atoms with Crippen molar-refractivity contribution in [3.8, 4) is 0 Å². The molecule has 0 saturated heterocycles. The van der Waals surface area contributed by atoms with Crippen molar-refractivity contribution in [2.24, 2.45) is 13.0 Å². The number of aromatic nitrogens is 4. The van der Waals surface area contributed by atoms with E-state index in [9.17, 15) is 9.59 Å². The number of anilines is 1. The fourth-order valence-electron chi connectivity index (χ4n) is 2.39. The van der Waals surface area contributed by atoms with Crippen LogP contribution in [0.4, 0.5) is 5.82 Å². The van der Waals surface area contributed by atoms with Gasteiger partial charge in [0.25, 0.3) is 5.91 Å². The molecule has 2 rings (SSSR count). The maximum Gasteiger partial charge on any atom is 0.271 e. The topological polar surface area (TPSA) is 93.8 Å². The Labute approximate surface area is 147 Å². The lowest BCUT2D eigenvalue weighted by molar-refractivity contribution is -0.118. The van der Waals surface area contributed by atoms with Gasteiger partial charge in [-0.05, 0) is 26.3 Å². The molecule has 8 nitrogen and oxygen atoms in total. The van der Waals surface area contributed by atoms with Crippen LogP contribution >= 0.6 is 0 Å². The quantitative estimate of drug-likeness (QED) is 0.745. The van der Waals surface area contributed by atoms with Crippen LogP contribution in [-0.4, -0.2) is 37.9 Å². The van der Waals surface area contributed by atoms with Gasteiger partial charge in [0.05, 0.1) is 5.69 Å². The third kappa shape index (κ3) is 4.91. The predicted molar refractivity (Wildman–Crippen MR) is 95.3 cm³/mol. The summed E-state index contributed by atoms with van der Waals surface area (Å²) in [7, 11) is 1.69. The Hall–Kier alpha value is -2.64. The van der Waals surface area contributed by atoms with Crippen molar-refractivity contribution >= 4 is 17.6 Å². The molecule has 0 unspecified atom stereocenters. The number of carbonyl (C=O) groups excluding carboxylic acids is 2. The highest BCUT2D eigenvalue weighted by molar-refractivity contribution is 5.95. The first-order valence-electron chi connectivity index (χ1n) is 8.42. The van der Waals surface area contributed by atoms with Crippen LogP contribution in [0.1, 0.15) is 42.1 Å². The molecule has 0 atom stereocenters. The Morgan fingerprint density at radius 3 is 2.52 bits per heavy atom. The summed E-state index contributed by atoms with van der Waals surface area (Å²) in [4.78, 5) is 23.9. The van der Waals surface area contributed by atoms with Crippen LogP contribution in [0.2, 0.25) is 0 Å². The van der Waals surface area contributed by atoms with Crippen molar-refractivity contribution in [2.45, 2.75) is 40.7 Å². The van der Waals surface area contributed by atoms with E-state index >= 15 is 0 Å². The van der Waals surface area contributed by atoms with Crippen LogP contribution in [0, 0.1) is 19.8 Å². The number of nitrogens with one attached hydrogen (secondary N) is 2. The third-order valence-corrected chi connectivity index (χ3v) is 3.82. The zero-order valence-electron chi connectivity index (χ0n) is 15.5. The van der Waals surface area contributed by atoms with Gasteiger partial charge in [0, 0.05) is 37.8 Å². The number of hydrogen-bond donors (Lipinski definition) is 2. The van der Waals surface area contributed by atoms with Crippen molar-refractivity contribution < 1.29 is 9.59 Å². The Kier molecular flexibility index (Phi) is 5.95. The van der Waals surface area contributed by atoms with Gasteiger partial charge in [-0.3, -0.25) is 19.0 Å². The minimum atomic E-state index is -0.256. The summed E-state index contributed by atoms with van der Waals surface area (Å²) in [5.41, 5.74) is 2.39. The maximum absolute atomic E-state index is 12.2. The Morgan fingerprint density at radius 2 is 1.92 bits per heavy atom. The molecule has 2 heterocycles. The molecule has 2 aromatic rings. The standard InChI is InChI=1S/C17H26N6O2/c1-11(2)16(24)19-15-10-14(21-22(15)5)17(25)18-7-6-8-23-13(4)9-12(3)20-23/h9-11H,6-8H2,1-5H3,(H,18,25)(H,19,24). The van der Waals surface area contributed by atoms with E-state index in [-0.39, 0.29) is 23.4 Å². The van der Waals surface area contributed by atoms with E-state index in [0.29, 0.717) is 12.4 Å². The van der Waals surface area contributed by atoms with E-state index in [4.69, 9.17) is 0 Å². The number of amides is 2. The van der Waals surface area contributed by atoms with Crippen molar-refractivity contribution in [2.75, 3.05) is 11.9 Å². The lowest BCUT2D eigenvalue weighted by Crippen LogP contribution is -2.26. The fraction of sp³-hybridized carbons (Fsp3) is 0.529. The average molecular weight is 346 g/mol. The molecule has 8 heteroatoms. The maximum atomic E-state index is 12.2. The molecule has 2 N–H and O–H groups in total. The Bertz CT molecular complexity index is 759. The molecule has 0 saturated carbocycles. The molecule has 0 spiro atoms. The van der Waals surface area contributed by atoms with E-state index in [1.54, 1.807) is 13.1 Å². The molecule has 0 aliphatic heterocycles. The van der Waals surface area contributed by atoms with Gasteiger partial charge < -0.3 is 10.6 Å². The second-order valence-corrected chi connectivity index (χ2v) is 6.44. The molecule has 0 radical (unpaired) electrons. The lowest BCUT2D eigenvalue weighted by Gasteiger charge is -2.06. The average Bonchev–Trinajstić information content (AvgIpc) is 3.06. The number of rotatable bonds is 7. The molecule has 2 amide bonds. The number of nitrogens with zero attached hydrogens (tertiary/aromatic N) is 4. The fourth-order valence-corrected chi connectivity index (χ4v) is 2.39. The molecule has 0 aliphatic rings. The van der Waals surface area contributed by atoms with E-state index in [2.05, 4.69) is 20.8 Å². The molecule has 0 fully saturated rings. The summed E-state index contributed by atoms with van der Waals surface area (Å²) >= 11 is 0. The first-order valence-corrected chi connectivity index (χ1v) is 8.42. The van der Waals surface area contributed by atoms with Gasteiger partial charge in [0.1, 0.15) is 5.82 Å². The SMILES string of the molecule is Cc1cc(C)n(CCCNC(=O)c2cc(NC(=O)C(C)C)n(C)n2)n1. The monoisotopic (exact) mass is 346 g/mol. The van der Waals surface area contributed by atoms with E-state index in [0.717, 1.165) is 24.4 Å². The summed E-state index contributed by atoms with van der Waals surface area (Å²) in [6, 6.07) is 3.61. The van der Waals surface area contributed by atoms with Gasteiger partial charge >= 0.3 is 0 Å². The molecule has 136 valence electrons.